The van der Waals surface area contributed by atoms with Crippen molar-refractivity contribution < 1.29 is 28.9 Å². The van der Waals surface area contributed by atoms with Gasteiger partial charge in [0.25, 0.3) is 5.56 Å². The maximum absolute atomic E-state index is 13.3. The average Bonchev–Trinajstić information content (AvgIpc) is 2.80. The van der Waals surface area contributed by atoms with Gasteiger partial charge < -0.3 is 29.2 Å². The number of nitrogens with zero attached hydrogens (tertiary/aromatic N) is 1. The molecule has 1 amide bonds. The van der Waals surface area contributed by atoms with Gasteiger partial charge >= 0.3 is 12.1 Å². The number of pyridine rings is 1. The predicted molar refractivity (Wildman–Crippen MR) is 130 cm³/mol. The molecule has 1 aromatic carbocycles. The summed E-state index contributed by atoms with van der Waals surface area (Å²) in [5, 5.41) is 12.6. The molecular formula is C27H32N2O7. The van der Waals surface area contributed by atoms with E-state index >= 15 is 0 Å². The van der Waals surface area contributed by atoms with Gasteiger partial charge in [-0.2, -0.15) is 0 Å². The van der Waals surface area contributed by atoms with Crippen LogP contribution in [0.5, 0.6) is 5.75 Å². The van der Waals surface area contributed by atoms with E-state index in [-0.39, 0.29) is 12.0 Å². The van der Waals surface area contributed by atoms with Gasteiger partial charge in [-0.05, 0) is 68.5 Å². The van der Waals surface area contributed by atoms with Crippen LogP contribution in [0.15, 0.2) is 29.1 Å². The summed E-state index contributed by atoms with van der Waals surface area (Å²) in [7, 11) is 2.82. The van der Waals surface area contributed by atoms with E-state index in [9.17, 15) is 19.5 Å². The first-order chi connectivity index (χ1) is 16.9. The van der Waals surface area contributed by atoms with Crippen molar-refractivity contribution in [2.75, 3.05) is 20.8 Å². The largest absolute Gasteiger partial charge is 0.497 e. The van der Waals surface area contributed by atoms with Crippen LogP contribution >= 0.6 is 0 Å². The molecule has 1 aromatic heterocycles. The highest BCUT2D eigenvalue weighted by atomic mass is 16.6. The fourth-order valence-electron chi connectivity index (χ4n) is 6.37. The number of aromatic amines is 1. The third kappa shape index (κ3) is 3.51. The molecule has 0 unspecified atom stereocenters. The summed E-state index contributed by atoms with van der Waals surface area (Å²) in [6.07, 6.45) is 0.964. The van der Waals surface area contributed by atoms with Crippen molar-refractivity contribution in [2.24, 2.45) is 0 Å². The summed E-state index contributed by atoms with van der Waals surface area (Å²) in [5.74, 6) is -0.0561. The minimum atomic E-state index is -1.36. The number of hydrogen-bond acceptors (Lipinski definition) is 7. The van der Waals surface area contributed by atoms with Gasteiger partial charge in [-0.3, -0.25) is 4.79 Å². The Morgan fingerprint density at radius 3 is 2.56 bits per heavy atom. The first kappa shape index (κ1) is 24.4. The number of piperidine rings is 1. The van der Waals surface area contributed by atoms with E-state index in [1.54, 1.807) is 12.0 Å². The van der Waals surface area contributed by atoms with E-state index in [4.69, 9.17) is 14.2 Å². The minimum Gasteiger partial charge on any atom is -0.497 e. The number of fused-ring (bicyclic) bond motifs is 2. The number of likely N-dealkylation sites (tertiary alicyclic amines) is 1. The van der Waals surface area contributed by atoms with Gasteiger partial charge in [-0.25, -0.2) is 9.59 Å². The smallest absolute Gasteiger partial charge is 0.410 e. The number of rotatable bonds is 2. The zero-order valence-electron chi connectivity index (χ0n) is 21.3. The Morgan fingerprint density at radius 2 is 1.89 bits per heavy atom. The summed E-state index contributed by atoms with van der Waals surface area (Å²) in [4.78, 5) is 42.7. The molecule has 5 rings (SSSR count). The third-order valence-corrected chi connectivity index (χ3v) is 7.97. The molecule has 9 heteroatoms. The van der Waals surface area contributed by atoms with Gasteiger partial charge in [-0.1, -0.05) is 6.07 Å². The van der Waals surface area contributed by atoms with E-state index < -0.39 is 40.3 Å². The van der Waals surface area contributed by atoms with Crippen LogP contribution in [0.25, 0.3) is 0 Å². The molecule has 0 radical (unpaired) electrons. The summed E-state index contributed by atoms with van der Waals surface area (Å²) >= 11 is 0. The molecule has 2 N–H and O–H groups in total. The lowest BCUT2D eigenvalue weighted by molar-refractivity contribution is -0.147. The van der Waals surface area contributed by atoms with E-state index in [0.29, 0.717) is 42.8 Å². The maximum atomic E-state index is 13.3. The zero-order valence-corrected chi connectivity index (χ0v) is 21.3. The third-order valence-electron chi connectivity index (χ3n) is 7.97. The number of benzene rings is 1. The monoisotopic (exact) mass is 496 g/mol. The Balaban J connectivity index is 1.69. The Labute approximate surface area is 209 Å². The summed E-state index contributed by atoms with van der Waals surface area (Å²) in [5.41, 5.74) is -0.102. The molecule has 0 saturated carbocycles. The first-order valence-corrected chi connectivity index (χ1v) is 12.2. The molecule has 36 heavy (non-hydrogen) atoms. The quantitative estimate of drug-likeness (QED) is 0.614. The lowest BCUT2D eigenvalue weighted by Gasteiger charge is -2.63. The summed E-state index contributed by atoms with van der Waals surface area (Å²) in [6.45, 7) is 5.85. The Morgan fingerprint density at radius 1 is 1.14 bits per heavy atom. The second kappa shape index (κ2) is 8.09. The SMILES string of the molecule is COC(=O)c1cc2c([nH]c1=O)C[C@]13CCN(C(=O)OC(C)(C)C)[C@H](Cc4ccc(OC)cc41)[C@]3(O)C2. The van der Waals surface area contributed by atoms with Crippen LogP contribution < -0.4 is 10.3 Å². The molecule has 192 valence electrons. The average molecular weight is 497 g/mol. The van der Waals surface area contributed by atoms with Crippen LogP contribution in [0.4, 0.5) is 4.79 Å². The highest BCUT2D eigenvalue weighted by molar-refractivity contribution is 5.89. The topological polar surface area (TPSA) is 118 Å². The predicted octanol–water partition coefficient (Wildman–Crippen LogP) is 2.50. The number of aromatic nitrogens is 1. The molecule has 1 fully saturated rings. The van der Waals surface area contributed by atoms with Crippen molar-refractivity contribution >= 4 is 12.1 Å². The molecule has 2 heterocycles. The number of nitrogens with one attached hydrogen (secondary N) is 1. The number of amides is 1. The number of H-pyrrole nitrogens is 1. The molecule has 3 aliphatic rings. The van der Waals surface area contributed by atoms with Gasteiger partial charge in [0.2, 0.25) is 0 Å². The van der Waals surface area contributed by atoms with Crippen LogP contribution in [-0.2, 0) is 34.2 Å². The Bertz CT molecular complexity index is 1310. The fourth-order valence-corrected chi connectivity index (χ4v) is 6.37. The van der Waals surface area contributed by atoms with E-state index in [2.05, 4.69) is 4.98 Å². The van der Waals surface area contributed by atoms with Crippen molar-refractivity contribution in [2.45, 2.75) is 69.1 Å². The van der Waals surface area contributed by atoms with Gasteiger partial charge in [-0.15, -0.1) is 0 Å². The molecule has 3 atom stereocenters. The maximum Gasteiger partial charge on any atom is 0.410 e. The van der Waals surface area contributed by atoms with Crippen LogP contribution in [0.1, 0.15) is 59.9 Å². The van der Waals surface area contributed by atoms with Crippen molar-refractivity contribution in [1.82, 2.24) is 9.88 Å². The van der Waals surface area contributed by atoms with Gasteiger partial charge in [0.1, 0.15) is 16.9 Å². The van der Waals surface area contributed by atoms with Crippen LogP contribution in [0.2, 0.25) is 0 Å². The van der Waals surface area contributed by atoms with Crippen molar-refractivity contribution in [1.29, 1.82) is 0 Å². The lowest BCUT2D eigenvalue weighted by atomic mass is 9.49. The Kier molecular flexibility index (Phi) is 5.48. The van der Waals surface area contributed by atoms with Gasteiger partial charge in [0.05, 0.1) is 25.9 Å². The van der Waals surface area contributed by atoms with Crippen LogP contribution in [0.3, 0.4) is 0 Å². The minimum absolute atomic E-state index is 0.108. The number of aliphatic hydroxyl groups is 1. The number of carbonyl (C=O) groups is 2. The van der Waals surface area contributed by atoms with Crippen molar-refractivity contribution in [3.63, 3.8) is 0 Å². The normalized spacial score (nSPS) is 26.3. The first-order valence-electron chi connectivity index (χ1n) is 12.2. The number of methoxy groups -OCH3 is 2. The lowest BCUT2D eigenvalue weighted by Crippen LogP contribution is -2.75. The molecule has 2 aliphatic carbocycles. The second-order valence-corrected chi connectivity index (χ2v) is 11.0. The molecule has 2 aromatic rings. The Hall–Kier alpha value is -3.33. The number of esters is 1. The second-order valence-electron chi connectivity index (χ2n) is 11.0. The molecule has 0 spiro atoms. The zero-order chi connectivity index (χ0) is 26.0. The molecule has 9 nitrogen and oxygen atoms in total. The highest BCUT2D eigenvalue weighted by Crippen LogP contribution is 2.57. The van der Waals surface area contributed by atoms with Crippen LogP contribution in [0, 0.1) is 0 Å². The summed E-state index contributed by atoms with van der Waals surface area (Å²) in [6, 6.07) is 6.79. The summed E-state index contributed by atoms with van der Waals surface area (Å²) < 4.78 is 16.0. The highest BCUT2D eigenvalue weighted by Gasteiger charge is 2.65. The van der Waals surface area contributed by atoms with E-state index in [1.165, 1.54) is 13.2 Å². The molecule has 1 saturated heterocycles. The molecule has 1 aliphatic heterocycles. The van der Waals surface area contributed by atoms with E-state index in [0.717, 1.165) is 11.1 Å². The molecule has 2 bridgehead atoms. The van der Waals surface area contributed by atoms with Crippen molar-refractivity contribution in [3.05, 3.63) is 62.6 Å². The number of carbonyl (C=O) groups excluding carboxylic acids is 2. The molecular weight excluding hydrogens is 464 g/mol. The van der Waals surface area contributed by atoms with Crippen molar-refractivity contribution in [3.8, 4) is 5.75 Å². The standard InChI is InChI=1S/C27H32N2O7/c1-25(2,3)36-24(32)29-9-8-26-14-20-16(10-18(22(30)28-20)23(31)35-5)13-27(26,33)21(29)11-15-6-7-17(34-4)12-19(15)26/h6-7,10,12,21,33H,8-9,11,13-14H2,1-5H3,(H,28,30)/t21-,26-,27-/m1/s1. The van der Waals surface area contributed by atoms with Crippen LogP contribution in [-0.4, -0.2) is 65.1 Å². The van der Waals surface area contributed by atoms with E-state index in [1.807, 2.05) is 39.0 Å². The fraction of sp³-hybridized carbons (Fsp3) is 0.519. The van der Waals surface area contributed by atoms with Gasteiger partial charge in [0.15, 0.2) is 0 Å². The number of hydrogen-bond donors (Lipinski definition) is 2. The number of ether oxygens (including phenoxy) is 3. The van der Waals surface area contributed by atoms with Gasteiger partial charge in [0, 0.05) is 30.5 Å².